The van der Waals surface area contributed by atoms with Crippen LogP contribution in [0.25, 0.3) is 0 Å². The summed E-state index contributed by atoms with van der Waals surface area (Å²) in [7, 11) is 0. The molecule has 2 amide bonds. The zero-order valence-electron chi connectivity index (χ0n) is 20.4. The molecule has 2 saturated heterocycles. The molecule has 1 N–H and O–H groups in total. The fraction of sp³-hybridized carbons (Fsp3) is 0.519. The van der Waals surface area contributed by atoms with Gasteiger partial charge in [-0.3, -0.25) is 14.4 Å². The van der Waals surface area contributed by atoms with E-state index in [1.165, 1.54) is 4.90 Å². The van der Waals surface area contributed by atoms with Gasteiger partial charge in [0, 0.05) is 25.4 Å². The van der Waals surface area contributed by atoms with Gasteiger partial charge in [0.25, 0.3) is 5.91 Å². The molecular formula is C27H32N2O6. The summed E-state index contributed by atoms with van der Waals surface area (Å²) in [5.74, 6) is -2.79. The number of ether oxygens (including phenoxy) is 2. The smallest absolute Gasteiger partial charge is 0.313 e. The molecule has 1 unspecified atom stereocenters. The van der Waals surface area contributed by atoms with Crippen molar-refractivity contribution in [1.82, 2.24) is 4.90 Å². The Labute approximate surface area is 205 Å². The first-order valence-corrected chi connectivity index (χ1v) is 12.3. The molecule has 2 fully saturated rings. The molecule has 4 aliphatic rings. The third-order valence-electron chi connectivity index (χ3n) is 7.91. The van der Waals surface area contributed by atoms with E-state index in [2.05, 4.69) is 0 Å². The first-order chi connectivity index (χ1) is 16.8. The second-order valence-corrected chi connectivity index (χ2v) is 9.90. The molecule has 5 rings (SSSR count). The Morgan fingerprint density at radius 1 is 1.09 bits per heavy atom. The van der Waals surface area contributed by atoms with E-state index in [0.717, 1.165) is 16.8 Å². The average molecular weight is 481 g/mol. The number of cyclic esters (lactones) is 1. The molecule has 8 heteroatoms. The van der Waals surface area contributed by atoms with Crippen molar-refractivity contribution in [3.05, 3.63) is 53.6 Å². The molecule has 0 aromatic heterocycles. The lowest BCUT2D eigenvalue weighted by atomic mass is 9.73. The van der Waals surface area contributed by atoms with Crippen molar-refractivity contribution < 1.29 is 29.0 Å². The average Bonchev–Trinajstić information content (AvgIpc) is 3.11. The fourth-order valence-electron chi connectivity index (χ4n) is 6.30. The third kappa shape index (κ3) is 3.37. The molecule has 35 heavy (non-hydrogen) atoms. The molecule has 0 bridgehead atoms. The zero-order valence-corrected chi connectivity index (χ0v) is 20.4. The van der Waals surface area contributed by atoms with E-state index in [1.807, 2.05) is 57.2 Å². The number of nitrogens with zero attached hydrogens (tertiary/aromatic N) is 2. The first kappa shape index (κ1) is 23.8. The van der Waals surface area contributed by atoms with Gasteiger partial charge in [-0.15, -0.1) is 0 Å². The summed E-state index contributed by atoms with van der Waals surface area (Å²) < 4.78 is 12.2. The van der Waals surface area contributed by atoms with Gasteiger partial charge in [-0.2, -0.15) is 0 Å². The van der Waals surface area contributed by atoms with Gasteiger partial charge in [0.15, 0.2) is 0 Å². The van der Waals surface area contributed by atoms with Gasteiger partial charge < -0.3 is 24.4 Å². The standard InChI is InChI=1S/C27H32N2O6/c1-4-26-10-6-15-34-25(33)21(26)20-23(31)29(13-7-14-30)22-24(32)28(12-5-11-27(20,22)35-26)19-16-17(2)8-9-18(19)3/h5-6,8-11,16,20-22,30H,4,7,12-15H2,1-3H3/t20-,21-,22?,26+,27-/m0/s1. The van der Waals surface area contributed by atoms with Crippen LogP contribution in [0, 0.1) is 25.7 Å². The number of rotatable bonds is 5. The van der Waals surface area contributed by atoms with Crippen molar-refractivity contribution in [2.45, 2.75) is 50.9 Å². The quantitative estimate of drug-likeness (QED) is 0.512. The number of carbonyl (C=O) groups excluding carboxylic acids is 3. The maximum Gasteiger partial charge on any atom is 0.313 e. The van der Waals surface area contributed by atoms with Crippen LogP contribution in [-0.2, 0) is 23.9 Å². The van der Waals surface area contributed by atoms with E-state index >= 15 is 0 Å². The van der Waals surface area contributed by atoms with Gasteiger partial charge in [0.05, 0.1) is 5.92 Å². The third-order valence-corrected chi connectivity index (χ3v) is 7.91. The Hall–Kier alpha value is -2.97. The number of carbonyl (C=O) groups is 3. The van der Waals surface area contributed by atoms with E-state index in [9.17, 15) is 19.5 Å². The van der Waals surface area contributed by atoms with E-state index in [4.69, 9.17) is 9.47 Å². The minimum atomic E-state index is -1.31. The Morgan fingerprint density at radius 3 is 2.63 bits per heavy atom. The van der Waals surface area contributed by atoms with E-state index < -0.39 is 35.0 Å². The van der Waals surface area contributed by atoms with Crippen LogP contribution in [0.2, 0.25) is 0 Å². The van der Waals surface area contributed by atoms with Gasteiger partial charge in [0.1, 0.15) is 29.8 Å². The molecule has 1 aromatic rings. The van der Waals surface area contributed by atoms with Crippen LogP contribution in [0.1, 0.15) is 30.9 Å². The van der Waals surface area contributed by atoms with Gasteiger partial charge in [-0.1, -0.05) is 37.3 Å². The van der Waals surface area contributed by atoms with Crippen molar-refractivity contribution in [1.29, 1.82) is 0 Å². The van der Waals surface area contributed by atoms with Crippen molar-refractivity contribution in [2.24, 2.45) is 11.8 Å². The predicted octanol–water partition coefficient (Wildman–Crippen LogP) is 2.06. The highest BCUT2D eigenvalue weighted by molar-refractivity contribution is 6.06. The molecule has 5 atom stereocenters. The van der Waals surface area contributed by atoms with Crippen LogP contribution in [0.5, 0.6) is 0 Å². The van der Waals surface area contributed by atoms with Gasteiger partial charge in [0.2, 0.25) is 5.91 Å². The SMILES string of the molecule is CC[C@@]12C=CCOC(=O)[C@@H]1[C@H]1C(=O)N(CCCO)C3C(=O)N(c4cc(C)ccc4C)CC=C[C@@]31O2. The van der Waals surface area contributed by atoms with Crippen LogP contribution in [0.3, 0.4) is 0 Å². The van der Waals surface area contributed by atoms with Gasteiger partial charge >= 0.3 is 5.97 Å². The summed E-state index contributed by atoms with van der Waals surface area (Å²) in [6, 6.07) is 4.99. The van der Waals surface area contributed by atoms with Crippen LogP contribution in [-0.4, -0.2) is 71.3 Å². The zero-order chi connectivity index (χ0) is 25.0. The lowest BCUT2D eigenvalue weighted by Gasteiger charge is -2.38. The Balaban J connectivity index is 1.67. The maximum absolute atomic E-state index is 14.3. The highest BCUT2D eigenvalue weighted by Gasteiger charge is 2.75. The van der Waals surface area contributed by atoms with Gasteiger partial charge in [-0.05, 0) is 50.0 Å². The van der Waals surface area contributed by atoms with Crippen molar-refractivity contribution in [3.63, 3.8) is 0 Å². The van der Waals surface area contributed by atoms with Crippen molar-refractivity contribution >= 4 is 23.5 Å². The summed E-state index contributed by atoms with van der Waals surface area (Å²) in [5.41, 5.74) is 0.416. The number of hydrogen-bond acceptors (Lipinski definition) is 6. The summed E-state index contributed by atoms with van der Waals surface area (Å²) >= 11 is 0. The lowest BCUT2D eigenvalue weighted by molar-refractivity contribution is -0.157. The van der Waals surface area contributed by atoms with Crippen molar-refractivity contribution in [2.75, 3.05) is 31.2 Å². The maximum atomic E-state index is 14.3. The number of aliphatic hydroxyl groups excluding tert-OH is 1. The topological polar surface area (TPSA) is 96.4 Å². The molecule has 8 nitrogen and oxygen atoms in total. The fourth-order valence-corrected chi connectivity index (χ4v) is 6.30. The van der Waals surface area contributed by atoms with Crippen LogP contribution < -0.4 is 4.90 Å². The van der Waals surface area contributed by atoms with Crippen molar-refractivity contribution in [3.8, 4) is 0 Å². The number of hydrogen-bond donors (Lipinski definition) is 1. The van der Waals surface area contributed by atoms with E-state index in [0.29, 0.717) is 19.4 Å². The van der Waals surface area contributed by atoms with Crippen LogP contribution in [0.4, 0.5) is 5.69 Å². The molecule has 0 radical (unpaired) electrons. The lowest BCUT2D eigenvalue weighted by Crippen LogP contribution is -2.56. The summed E-state index contributed by atoms with van der Waals surface area (Å²) in [6.07, 6.45) is 8.07. The molecule has 4 aliphatic heterocycles. The monoisotopic (exact) mass is 480 g/mol. The summed E-state index contributed by atoms with van der Waals surface area (Å²) in [6.45, 7) is 6.37. The molecule has 1 aromatic carbocycles. The Kier molecular flexibility index (Phi) is 5.84. The Morgan fingerprint density at radius 2 is 1.89 bits per heavy atom. The number of likely N-dealkylation sites (tertiary alicyclic amines) is 1. The highest BCUT2D eigenvalue weighted by Crippen LogP contribution is 2.58. The largest absolute Gasteiger partial charge is 0.461 e. The minimum absolute atomic E-state index is 0.118. The Bertz CT molecular complexity index is 1130. The number of anilines is 1. The number of amides is 2. The normalized spacial score (nSPS) is 33.8. The number of benzene rings is 1. The van der Waals surface area contributed by atoms with Crippen LogP contribution >= 0.6 is 0 Å². The second kappa shape index (κ2) is 8.60. The van der Waals surface area contributed by atoms with Gasteiger partial charge in [-0.25, -0.2) is 0 Å². The van der Waals surface area contributed by atoms with E-state index in [1.54, 1.807) is 11.0 Å². The number of aliphatic hydroxyl groups is 1. The summed E-state index contributed by atoms with van der Waals surface area (Å²) in [4.78, 5) is 44.7. The predicted molar refractivity (Wildman–Crippen MR) is 129 cm³/mol. The molecule has 1 spiro atoms. The molecule has 186 valence electrons. The second-order valence-electron chi connectivity index (χ2n) is 9.90. The molecular weight excluding hydrogens is 448 g/mol. The molecule has 4 heterocycles. The molecule has 0 aliphatic carbocycles. The molecule has 0 saturated carbocycles. The highest BCUT2D eigenvalue weighted by atomic mass is 16.6. The number of esters is 1. The minimum Gasteiger partial charge on any atom is -0.461 e. The van der Waals surface area contributed by atoms with Crippen LogP contribution in [0.15, 0.2) is 42.5 Å². The number of fused-ring (bicyclic) bond motifs is 2. The number of aryl methyl sites for hydroxylation is 2. The first-order valence-electron chi connectivity index (χ1n) is 12.3. The summed E-state index contributed by atoms with van der Waals surface area (Å²) in [5, 5.41) is 9.51. The van der Waals surface area contributed by atoms with E-state index in [-0.39, 0.29) is 31.6 Å².